The number of hydrogen-bond acceptors (Lipinski definition) is 0. The maximum atomic E-state index is 3.36. The van der Waals surface area contributed by atoms with E-state index in [1.165, 1.54) is 88.0 Å². The summed E-state index contributed by atoms with van der Waals surface area (Å²) in [5.74, 6) is 0. The highest BCUT2D eigenvalue weighted by Gasteiger charge is 2.37. The predicted molar refractivity (Wildman–Crippen MR) is 178 cm³/mol. The smallest absolute Gasteiger partial charge is 0.0159 e. The summed E-state index contributed by atoms with van der Waals surface area (Å²) in [5.41, 5.74) is 13.8. The minimum atomic E-state index is 0.00539. The standard InChI is InChI=1S/C37H24.C4H6/c1-37(2)32-11-7-6-10-25(32)30-19-28-29(20-33(30)37)27-17-13-22-12-16-26-24(21-8-4-3-5-9-21)15-14-23-18-31(28)36(27)35(22)34(23)26;1-3-4-2/h3-20H,1-2H3;3-4H,1-2H2. The van der Waals surface area contributed by atoms with Crippen molar-refractivity contribution in [2.75, 3.05) is 0 Å². The van der Waals surface area contributed by atoms with Crippen LogP contribution in [0.1, 0.15) is 25.0 Å². The molecule has 0 amide bonds. The van der Waals surface area contributed by atoms with Crippen LogP contribution in [0.2, 0.25) is 0 Å². The van der Waals surface area contributed by atoms with Crippen LogP contribution in [0.4, 0.5) is 0 Å². The zero-order chi connectivity index (χ0) is 27.9. The topological polar surface area (TPSA) is 0 Å². The fourth-order valence-electron chi connectivity index (χ4n) is 7.42. The molecule has 7 aromatic rings. The Morgan fingerprint density at radius 1 is 0.463 bits per heavy atom. The van der Waals surface area contributed by atoms with Crippen molar-refractivity contribution in [1.82, 2.24) is 0 Å². The van der Waals surface area contributed by atoms with Crippen LogP contribution in [0, 0.1) is 0 Å². The Balaban J connectivity index is 0.000000604. The van der Waals surface area contributed by atoms with E-state index >= 15 is 0 Å². The monoisotopic (exact) mass is 522 g/mol. The molecule has 0 saturated carbocycles. The molecule has 0 fully saturated rings. The lowest BCUT2D eigenvalue weighted by Crippen LogP contribution is -2.14. The molecule has 0 radical (unpaired) electrons. The van der Waals surface area contributed by atoms with Gasteiger partial charge in [0, 0.05) is 5.41 Å². The SMILES string of the molecule is C=CC=C.CC1(C)c2ccccc2-c2cc3c(cc21)-c1ccc2ccc4c(-c5ccccc5)ccc5cc-3c1c2c54. The van der Waals surface area contributed by atoms with Gasteiger partial charge in [0.25, 0.3) is 0 Å². The summed E-state index contributed by atoms with van der Waals surface area (Å²) in [5, 5.41) is 8.23. The average Bonchev–Trinajstić information content (AvgIpc) is 3.45. The molecule has 9 rings (SSSR count). The van der Waals surface area contributed by atoms with Crippen molar-refractivity contribution in [1.29, 1.82) is 0 Å². The molecule has 0 N–H and O–H groups in total. The summed E-state index contributed by atoms with van der Waals surface area (Å²) < 4.78 is 0. The molecule has 0 heterocycles. The molecular weight excluding hydrogens is 492 g/mol. The van der Waals surface area contributed by atoms with Crippen LogP contribution in [-0.2, 0) is 5.41 Å². The Morgan fingerprint density at radius 2 is 1.15 bits per heavy atom. The molecule has 7 aromatic carbocycles. The molecule has 0 nitrogen and oxygen atoms in total. The van der Waals surface area contributed by atoms with E-state index in [-0.39, 0.29) is 5.41 Å². The van der Waals surface area contributed by atoms with Crippen molar-refractivity contribution < 1.29 is 0 Å². The Bertz CT molecular complexity index is 2180. The number of benzene rings is 7. The first-order valence-electron chi connectivity index (χ1n) is 14.4. The van der Waals surface area contributed by atoms with E-state index in [2.05, 4.69) is 136 Å². The third-order valence-electron chi connectivity index (χ3n) is 9.32. The molecule has 41 heavy (non-hydrogen) atoms. The third-order valence-corrected chi connectivity index (χ3v) is 9.32. The summed E-state index contributed by atoms with van der Waals surface area (Å²) in [6, 6.07) is 41.2. The highest BCUT2D eigenvalue weighted by Crippen LogP contribution is 2.57. The summed E-state index contributed by atoms with van der Waals surface area (Å²) in [6.07, 6.45) is 3.28. The van der Waals surface area contributed by atoms with Gasteiger partial charge in [-0.25, -0.2) is 0 Å². The van der Waals surface area contributed by atoms with E-state index in [0.717, 1.165) is 0 Å². The summed E-state index contributed by atoms with van der Waals surface area (Å²) in [7, 11) is 0. The molecule has 0 aromatic heterocycles. The van der Waals surface area contributed by atoms with Gasteiger partial charge >= 0.3 is 0 Å². The van der Waals surface area contributed by atoms with Crippen molar-refractivity contribution in [2.24, 2.45) is 0 Å². The normalized spacial score (nSPS) is 13.5. The minimum absolute atomic E-state index is 0.00539. The second kappa shape index (κ2) is 8.53. The van der Waals surface area contributed by atoms with Crippen molar-refractivity contribution in [3.05, 3.63) is 146 Å². The van der Waals surface area contributed by atoms with Crippen molar-refractivity contribution >= 4 is 32.3 Å². The number of rotatable bonds is 2. The third kappa shape index (κ3) is 3.16. The van der Waals surface area contributed by atoms with Gasteiger partial charge < -0.3 is 0 Å². The number of allylic oxidation sites excluding steroid dienone is 2. The Hall–Kier alpha value is -4.94. The Kier molecular flexibility index (Phi) is 4.97. The van der Waals surface area contributed by atoms with Crippen LogP contribution in [-0.4, -0.2) is 0 Å². The minimum Gasteiger partial charge on any atom is -0.0991 e. The Labute approximate surface area is 241 Å². The molecule has 0 spiro atoms. The second-order valence-corrected chi connectivity index (χ2v) is 11.8. The first-order chi connectivity index (χ1) is 20.0. The maximum Gasteiger partial charge on any atom is 0.0159 e. The second-order valence-electron chi connectivity index (χ2n) is 11.8. The van der Waals surface area contributed by atoms with Gasteiger partial charge in [0.15, 0.2) is 0 Å². The van der Waals surface area contributed by atoms with Gasteiger partial charge in [-0.2, -0.15) is 0 Å². The van der Waals surface area contributed by atoms with Crippen molar-refractivity contribution in [3.8, 4) is 44.5 Å². The lowest BCUT2D eigenvalue weighted by Gasteiger charge is -2.22. The average molecular weight is 523 g/mol. The van der Waals surface area contributed by atoms with Crippen LogP contribution in [0.15, 0.2) is 135 Å². The van der Waals surface area contributed by atoms with Gasteiger partial charge in [-0.05, 0) is 106 Å². The predicted octanol–water partition coefficient (Wildman–Crippen LogP) is 11.6. The molecule has 194 valence electrons. The van der Waals surface area contributed by atoms with E-state index < -0.39 is 0 Å². The molecule has 0 atom stereocenters. The molecule has 0 heteroatoms. The molecule has 2 aliphatic rings. The first-order valence-corrected chi connectivity index (χ1v) is 14.4. The van der Waals surface area contributed by atoms with Crippen LogP contribution < -0.4 is 0 Å². The fraction of sp³-hybridized carbons (Fsp3) is 0.0732. The van der Waals surface area contributed by atoms with Crippen molar-refractivity contribution in [3.63, 3.8) is 0 Å². The lowest BCUT2D eigenvalue weighted by atomic mass is 9.81. The molecular formula is C41H30. The summed E-state index contributed by atoms with van der Waals surface area (Å²) in [4.78, 5) is 0. The summed E-state index contributed by atoms with van der Waals surface area (Å²) >= 11 is 0. The van der Waals surface area contributed by atoms with Gasteiger partial charge in [-0.3, -0.25) is 0 Å². The fourth-order valence-corrected chi connectivity index (χ4v) is 7.42. The molecule has 0 aliphatic heterocycles. The van der Waals surface area contributed by atoms with Gasteiger partial charge in [-0.15, -0.1) is 0 Å². The zero-order valence-electron chi connectivity index (χ0n) is 23.5. The van der Waals surface area contributed by atoms with Crippen LogP contribution >= 0.6 is 0 Å². The van der Waals surface area contributed by atoms with Crippen LogP contribution in [0.3, 0.4) is 0 Å². The van der Waals surface area contributed by atoms with Crippen molar-refractivity contribution in [2.45, 2.75) is 19.3 Å². The van der Waals surface area contributed by atoms with Gasteiger partial charge in [-0.1, -0.05) is 130 Å². The molecule has 0 saturated heterocycles. The maximum absolute atomic E-state index is 3.36. The van der Waals surface area contributed by atoms with Crippen LogP contribution in [0.5, 0.6) is 0 Å². The molecule has 0 bridgehead atoms. The zero-order valence-corrected chi connectivity index (χ0v) is 23.5. The van der Waals surface area contributed by atoms with E-state index in [9.17, 15) is 0 Å². The largest absolute Gasteiger partial charge is 0.0991 e. The van der Waals surface area contributed by atoms with Crippen LogP contribution in [0.25, 0.3) is 76.8 Å². The van der Waals surface area contributed by atoms with Gasteiger partial charge in [0.1, 0.15) is 0 Å². The highest BCUT2D eigenvalue weighted by molar-refractivity contribution is 6.33. The Morgan fingerprint density at radius 3 is 1.95 bits per heavy atom. The lowest BCUT2D eigenvalue weighted by molar-refractivity contribution is 0.660. The quantitative estimate of drug-likeness (QED) is 0.156. The van der Waals surface area contributed by atoms with E-state index in [0.29, 0.717) is 0 Å². The molecule has 2 aliphatic carbocycles. The van der Waals surface area contributed by atoms with E-state index in [4.69, 9.17) is 0 Å². The molecule has 0 unspecified atom stereocenters. The number of hydrogen-bond donors (Lipinski definition) is 0. The van der Waals surface area contributed by atoms with E-state index in [1.807, 2.05) is 0 Å². The van der Waals surface area contributed by atoms with E-state index in [1.54, 1.807) is 12.2 Å². The highest BCUT2D eigenvalue weighted by atomic mass is 14.4. The van der Waals surface area contributed by atoms with Gasteiger partial charge in [0.05, 0.1) is 0 Å². The first kappa shape index (κ1) is 23.9. The summed E-state index contributed by atoms with van der Waals surface area (Å²) in [6.45, 7) is 11.5. The number of fused-ring (bicyclic) bond motifs is 6. The van der Waals surface area contributed by atoms with Gasteiger partial charge in [0.2, 0.25) is 0 Å².